The number of halogens is 4. The van der Waals surface area contributed by atoms with Crippen molar-refractivity contribution in [2.75, 3.05) is 10.6 Å². The standard InChI is InChI=1S/C22H21BrF3N5O2S/c1-3-12(2)17(28-20(33)27-16-6-4-5-14(11-16)22(24,25)26)18(32)29-21-31-30-19(34-21)13-7-9-15(23)10-8-13/h4-12,17H,3H2,1-2H3,(H2,27,28,33)(H,29,31,32). The molecule has 0 aliphatic rings. The fourth-order valence-corrected chi connectivity index (χ4v) is 3.97. The molecule has 2 aromatic carbocycles. The molecule has 0 saturated heterocycles. The third-order valence-corrected chi connectivity index (χ3v) is 6.39. The van der Waals surface area contributed by atoms with E-state index >= 15 is 0 Å². The molecule has 2 unspecified atom stereocenters. The Kier molecular flexibility index (Phi) is 8.26. The summed E-state index contributed by atoms with van der Waals surface area (Å²) in [5.41, 5.74) is -0.100. The Labute approximate surface area is 206 Å². The number of alkyl halides is 3. The largest absolute Gasteiger partial charge is 0.416 e. The molecular formula is C22H21BrF3N5O2S. The van der Waals surface area contributed by atoms with Gasteiger partial charge in [0.2, 0.25) is 11.0 Å². The number of hydrogen-bond donors (Lipinski definition) is 3. The van der Waals surface area contributed by atoms with Crippen molar-refractivity contribution in [3.63, 3.8) is 0 Å². The van der Waals surface area contributed by atoms with Gasteiger partial charge in [-0.2, -0.15) is 13.2 Å². The maximum absolute atomic E-state index is 12.9. The monoisotopic (exact) mass is 555 g/mol. The highest BCUT2D eigenvalue weighted by Crippen LogP contribution is 2.31. The van der Waals surface area contributed by atoms with Gasteiger partial charge in [0.1, 0.15) is 11.0 Å². The fraction of sp³-hybridized carbons (Fsp3) is 0.273. The van der Waals surface area contributed by atoms with E-state index < -0.39 is 29.7 Å². The van der Waals surface area contributed by atoms with Crippen LogP contribution in [0.1, 0.15) is 25.8 Å². The molecule has 3 aromatic rings. The van der Waals surface area contributed by atoms with Crippen molar-refractivity contribution < 1.29 is 22.8 Å². The molecule has 1 heterocycles. The van der Waals surface area contributed by atoms with Crippen molar-refractivity contribution in [1.29, 1.82) is 0 Å². The number of rotatable bonds is 7. The molecule has 7 nitrogen and oxygen atoms in total. The zero-order chi connectivity index (χ0) is 24.9. The summed E-state index contributed by atoms with van der Waals surface area (Å²) in [5.74, 6) is -0.766. The molecule has 3 N–H and O–H groups in total. The number of nitrogens with one attached hydrogen (secondary N) is 3. The van der Waals surface area contributed by atoms with Gasteiger partial charge >= 0.3 is 12.2 Å². The number of carbonyl (C=O) groups is 2. The van der Waals surface area contributed by atoms with Crippen molar-refractivity contribution in [3.8, 4) is 10.6 Å². The van der Waals surface area contributed by atoms with Crippen LogP contribution in [0.2, 0.25) is 0 Å². The molecular weight excluding hydrogens is 535 g/mol. The molecule has 180 valence electrons. The minimum absolute atomic E-state index is 0.0427. The Morgan fingerprint density at radius 1 is 1.09 bits per heavy atom. The zero-order valence-corrected chi connectivity index (χ0v) is 20.5. The molecule has 3 rings (SSSR count). The van der Waals surface area contributed by atoms with E-state index in [0.29, 0.717) is 11.4 Å². The summed E-state index contributed by atoms with van der Waals surface area (Å²) >= 11 is 4.54. The average molecular weight is 556 g/mol. The van der Waals surface area contributed by atoms with Crippen LogP contribution in [-0.4, -0.2) is 28.2 Å². The van der Waals surface area contributed by atoms with Gasteiger partial charge in [-0.3, -0.25) is 10.1 Å². The van der Waals surface area contributed by atoms with Crippen LogP contribution < -0.4 is 16.0 Å². The lowest BCUT2D eigenvalue weighted by molar-refractivity contribution is -0.137. The van der Waals surface area contributed by atoms with Gasteiger partial charge in [0.05, 0.1) is 5.56 Å². The molecule has 0 radical (unpaired) electrons. The maximum atomic E-state index is 12.9. The normalized spacial score (nSPS) is 13.1. The van der Waals surface area contributed by atoms with Crippen LogP contribution in [0.15, 0.2) is 53.0 Å². The molecule has 34 heavy (non-hydrogen) atoms. The zero-order valence-electron chi connectivity index (χ0n) is 18.1. The van der Waals surface area contributed by atoms with Crippen molar-refractivity contribution in [3.05, 3.63) is 58.6 Å². The summed E-state index contributed by atoms with van der Waals surface area (Å²) in [6.45, 7) is 3.64. The number of amides is 3. The van der Waals surface area contributed by atoms with Gasteiger partial charge in [0.15, 0.2) is 0 Å². The first-order chi connectivity index (χ1) is 16.1. The Morgan fingerprint density at radius 2 is 1.79 bits per heavy atom. The summed E-state index contributed by atoms with van der Waals surface area (Å²) < 4.78 is 39.7. The van der Waals surface area contributed by atoms with E-state index in [9.17, 15) is 22.8 Å². The minimum atomic E-state index is -4.54. The van der Waals surface area contributed by atoms with E-state index in [2.05, 4.69) is 42.1 Å². The first kappa shape index (κ1) is 25.6. The lowest BCUT2D eigenvalue weighted by Crippen LogP contribution is -2.49. The van der Waals surface area contributed by atoms with Gasteiger partial charge < -0.3 is 10.6 Å². The van der Waals surface area contributed by atoms with Gasteiger partial charge in [-0.15, -0.1) is 10.2 Å². The Morgan fingerprint density at radius 3 is 2.44 bits per heavy atom. The predicted octanol–water partition coefficient (Wildman–Crippen LogP) is 6.16. The number of benzene rings is 2. The van der Waals surface area contributed by atoms with Crippen molar-refractivity contribution in [2.45, 2.75) is 32.5 Å². The molecule has 0 bridgehead atoms. The first-order valence-corrected chi connectivity index (χ1v) is 11.8. The third kappa shape index (κ3) is 6.76. The number of anilines is 2. The highest BCUT2D eigenvalue weighted by molar-refractivity contribution is 9.10. The molecule has 0 fully saturated rings. The lowest BCUT2D eigenvalue weighted by atomic mass is 9.98. The van der Waals surface area contributed by atoms with Crippen molar-refractivity contribution in [2.24, 2.45) is 5.92 Å². The summed E-state index contributed by atoms with van der Waals surface area (Å²) in [6.07, 6.45) is -3.97. The summed E-state index contributed by atoms with van der Waals surface area (Å²) in [7, 11) is 0. The number of urea groups is 1. The number of aromatic nitrogens is 2. The van der Waals surface area contributed by atoms with Crippen LogP contribution in [0.3, 0.4) is 0 Å². The predicted molar refractivity (Wildman–Crippen MR) is 129 cm³/mol. The highest BCUT2D eigenvalue weighted by Gasteiger charge is 2.31. The number of hydrogen-bond acceptors (Lipinski definition) is 5. The van der Waals surface area contributed by atoms with E-state index in [1.165, 1.54) is 23.5 Å². The van der Waals surface area contributed by atoms with Crippen LogP contribution in [0.25, 0.3) is 10.6 Å². The molecule has 0 aliphatic heterocycles. The van der Waals surface area contributed by atoms with Gasteiger partial charge in [0, 0.05) is 15.7 Å². The van der Waals surface area contributed by atoms with Crippen LogP contribution in [0, 0.1) is 5.92 Å². The SMILES string of the molecule is CCC(C)C(NC(=O)Nc1cccc(C(F)(F)F)c1)C(=O)Nc1nnc(-c2ccc(Br)cc2)s1. The van der Waals surface area contributed by atoms with E-state index in [0.717, 1.165) is 22.2 Å². The van der Waals surface area contributed by atoms with E-state index in [1.54, 1.807) is 6.92 Å². The fourth-order valence-electron chi connectivity index (χ4n) is 2.95. The summed E-state index contributed by atoms with van der Waals surface area (Å²) in [4.78, 5) is 25.4. The van der Waals surface area contributed by atoms with E-state index in [1.807, 2.05) is 31.2 Å². The molecule has 0 spiro atoms. The molecule has 1 aromatic heterocycles. The van der Waals surface area contributed by atoms with Crippen LogP contribution in [0.5, 0.6) is 0 Å². The quantitative estimate of drug-likeness (QED) is 0.325. The van der Waals surface area contributed by atoms with Gasteiger partial charge in [-0.25, -0.2) is 4.79 Å². The van der Waals surface area contributed by atoms with Crippen molar-refractivity contribution in [1.82, 2.24) is 15.5 Å². The molecule has 3 amide bonds. The lowest BCUT2D eigenvalue weighted by Gasteiger charge is -2.23. The topological polar surface area (TPSA) is 96.0 Å². The third-order valence-electron chi connectivity index (χ3n) is 4.98. The average Bonchev–Trinajstić information content (AvgIpc) is 3.25. The summed E-state index contributed by atoms with van der Waals surface area (Å²) in [6, 6.07) is 9.94. The highest BCUT2D eigenvalue weighted by atomic mass is 79.9. The Hall–Kier alpha value is -2.99. The molecule has 0 saturated carbocycles. The summed E-state index contributed by atoms with van der Waals surface area (Å²) in [5, 5.41) is 16.5. The number of nitrogens with zero attached hydrogens (tertiary/aromatic N) is 2. The first-order valence-electron chi connectivity index (χ1n) is 10.2. The van der Waals surface area contributed by atoms with Crippen molar-refractivity contribution >= 4 is 50.0 Å². The minimum Gasteiger partial charge on any atom is -0.326 e. The Balaban J connectivity index is 1.68. The maximum Gasteiger partial charge on any atom is 0.416 e. The van der Waals surface area contributed by atoms with Crippen LogP contribution in [0.4, 0.5) is 28.8 Å². The molecule has 12 heteroatoms. The Bertz CT molecular complexity index is 1150. The number of carbonyl (C=O) groups excluding carboxylic acids is 2. The van der Waals surface area contributed by atoms with Crippen LogP contribution in [-0.2, 0) is 11.0 Å². The second kappa shape index (κ2) is 11.0. The van der Waals surface area contributed by atoms with Gasteiger partial charge in [-0.05, 0) is 36.2 Å². The van der Waals surface area contributed by atoms with E-state index in [4.69, 9.17) is 0 Å². The molecule has 2 atom stereocenters. The van der Waals surface area contributed by atoms with Gasteiger partial charge in [0.25, 0.3) is 0 Å². The second-order valence-corrected chi connectivity index (χ2v) is 9.34. The van der Waals surface area contributed by atoms with Gasteiger partial charge in [-0.1, -0.05) is 65.7 Å². The smallest absolute Gasteiger partial charge is 0.326 e. The van der Waals surface area contributed by atoms with Crippen LogP contribution >= 0.6 is 27.3 Å². The molecule has 0 aliphatic carbocycles. The van der Waals surface area contributed by atoms with E-state index in [-0.39, 0.29) is 16.7 Å². The second-order valence-electron chi connectivity index (χ2n) is 7.45.